The van der Waals surface area contributed by atoms with Crippen molar-refractivity contribution in [2.75, 3.05) is 13.1 Å². The molecule has 4 rings (SSSR count). The fourth-order valence-electron chi connectivity index (χ4n) is 4.50. The highest BCUT2D eigenvalue weighted by molar-refractivity contribution is 7.18. The molecule has 6 nitrogen and oxygen atoms in total. The first-order chi connectivity index (χ1) is 15.9. The largest absolute Gasteiger partial charge is 0.341 e. The van der Waals surface area contributed by atoms with Gasteiger partial charge in [0.25, 0.3) is 5.56 Å². The summed E-state index contributed by atoms with van der Waals surface area (Å²) >= 11 is 13.7. The van der Waals surface area contributed by atoms with Gasteiger partial charge in [0.2, 0.25) is 5.91 Å². The Balaban J connectivity index is 1.96. The first-order valence-electron chi connectivity index (χ1n) is 11.4. The van der Waals surface area contributed by atoms with Crippen LogP contribution in [0.25, 0.3) is 15.9 Å². The van der Waals surface area contributed by atoms with Crippen molar-refractivity contribution in [3.05, 3.63) is 59.5 Å². The molecule has 2 heterocycles. The predicted octanol–water partition coefficient (Wildman–Crippen LogP) is 5.05. The summed E-state index contributed by atoms with van der Waals surface area (Å²) in [5.74, 6) is -0.118. The fraction of sp³-hybridized carbons (Fsp3) is 0.458. The van der Waals surface area contributed by atoms with Gasteiger partial charge in [0, 0.05) is 18.0 Å². The molecule has 0 bridgehead atoms. The molecule has 0 aliphatic heterocycles. The summed E-state index contributed by atoms with van der Waals surface area (Å²) in [5.41, 5.74) is 0.457. The Bertz CT molecular complexity index is 1320. The van der Waals surface area contributed by atoms with E-state index in [0.717, 1.165) is 53.5 Å². The van der Waals surface area contributed by atoms with E-state index >= 15 is 0 Å². The zero-order chi connectivity index (χ0) is 23.7. The Kier molecular flexibility index (Phi) is 7.31. The van der Waals surface area contributed by atoms with Crippen LogP contribution in [0, 0.1) is 0 Å². The number of rotatable bonds is 7. The van der Waals surface area contributed by atoms with E-state index in [4.69, 9.17) is 23.2 Å². The maximum Gasteiger partial charge on any atom is 0.337 e. The van der Waals surface area contributed by atoms with E-state index in [1.54, 1.807) is 17.0 Å². The zero-order valence-electron chi connectivity index (χ0n) is 18.8. The first kappa shape index (κ1) is 24.0. The number of hydrogen-bond donors (Lipinski definition) is 0. The third-order valence-corrected chi connectivity index (χ3v) is 8.09. The fourth-order valence-corrected chi connectivity index (χ4v) is 6.16. The molecule has 176 valence electrons. The molecule has 0 saturated carbocycles. The minimum absolute atomic E-state index is 0.101. The molecule has 0 unspecified atom stereocenters. The van der Waals surface area contributed by atoms with Gasteiger partial charge in [-0.3, -0.25) is 14.2 Å². The van der Waals surface area contributed by atoms with Crippen molar-refractivity contribution in [1.29, 1.82) is 0 Å². The van der Waals surface area contributed by atoms with Crippen molar-refractivity contribution in [3.63, 3.8) is 0 Å². The number of thiophene rings is 1. The number of hydrogen-bond acceptors (Lipinski definition) is 4. The molecule has 2 aromatic heterocycles. The van der Waals surface area contributed by atoms with Crippen LogP contribution in [0.1, 0.15) is 50.0 Å². The van der Waals surface area contributed by atoms with Gasteiger partial charge in [-0.1, -0.05) is 37.0 Å². The van der Waals surface area contributed by atoms with Gasteiger partial charge in [0.1, 0.15) is 11.4 Å². The number of nitrogens with zero attached hydrogens (tertiary/aromatic N) is 3. The Morgan fingerprint density at radius 3 is 2.42 bits per heavy atom. The van der Waals surface area contributed by atoms with E-state index in [-0.39, 0.29) is 23.0 Å². The van der Waals surface area contributed by atoms with Crippen molar-refractivity contribution in [1.82, 2.24) is 14.0 Å². The average Bonchev–Trinajstić information content (AvgIpc) is 3.18. The first-order valence-corrected chi connectivity index (χ1v) is 13.0. The lowest BCUT2D eigenvalue weighted by Gasteiger charge is -2.22. The van der Waals surface area contributed by atoms with Gasteiger partial charge in [0.05, 0.1) is 21.1 Å². The van der Waals surface area contributed by atoms with Crippen LogP contribution in [0.2, 0.25) is 10.0 Å². The number of fused-ring (bicyclic) bond motifs is 3. The number of halogens is 2. The molecule has 1 aliphatic carbocycles. The quantitative estimate of drug-likeness (QED) is 0.449. The Morgan fingerprint density at radius 2 is 1.76 bits per heavy atom. The second kappa shape index (κ2) is 10.0. The van der Waals surface area contributed by atoms with Crippen molar-refractivity contribution < 1.29 is 4.79 Å². The molecule has 1 amide bonds. The molecule has 0 radical (unpaired) electrons. The summed E-state index contributed by atoms with van der Waals surface area (Å²) in [5, 5.41) is 1.14. The Morgan fingerprint density at radius 1 is 1.06 bits per heavy atom. The third-order valence-electron chi connectivity index (χ3n) is 6.03. The number of amides is 1. The molecular formula is C24H27Cl2N3O3S. The SMILES string of the molecule is CCCN(CCC)C(=O)Cn1c(=O)n(-c2ccc(Cl)c(Cl)c2)c(=O)c2c3c(sc21)CCCC3. The highest BCUT2D eigenvalue weighted by Crippen LogP contribution is 2.34. The normalized spacial score (nSPS) is 13.3. The molecular weight excluding hydrogens is 481 g/mol. The van der Waals surface area contributed by atoms with Crippen LogP contribution in [0.4, 0.5) is 0 Å². The average molecular weight is 508 g/mol. The summed E-state index contributed by atoms with van der Waals surface area (Å²) in [6.45, 7) is 5.22. The highest BCUT2D eigenvalue weighted by atomic mass is 35.5. The lowest BCUT2D eigenvalue weighted by Crippen LogP contribution is -2.43. The minimum atomic E-state index is -0.536. The maximum absolute atomic E-state index is 13.7. The van der Waals surface area contributed by atoms with Gasteiger partial charge in [-0.25, -0.2) is 9.36 Å². The van der Waals surface area contributed by atoms with Gasteiger partial charge in [-0.05, 0) is 62.3 Å². The third kappa shape index (κ3) is 4.51. The molecule has 0 spiro atoms. The monoisotopic (exact) mass is 507 g/mol. The van der Waals surface area contributed by atoms with Gasteiger partial charge in [-0.2, -0.15) is 0 Å². The maximum atomic E-state index is 13.7. The van der Waals surface area contributed by atoms with E-state index in [0.29, 0.717) is 34.0 Å². The van der Waals surface area contributed by atoms with Crippen LogP contribution in [0.3, 0.4) is 0 Å². The molecule has 3 aromatic rings. The molecule has 0 atom stereocenters. The van der Waals surface area contributed by atoms with E-state index in [9.17, 15) is 14.4 Å². The summed E-state index contributed by atoms with van der Waals surface area (Å²) in [4.78, 5) is 44.0. The van der Waals surface area contributed by atoms with Crippen LogP contribution < -0.4 is 11.2 Å². The van der Waals surface area contributed by atoms with Crippen molar-refractivity contribution >= 4 is 50.7 Å². The molecule has 0 saturated heterocycles. The minimum Gasteiger partial charge on any atom is -0.341 e. The van der Waals surface area contributed by atoms with E-state index in [1.165, 1.54) is 22.0 Å². The lowest BCUT2D eigenvalue weighted by molar-refractivity contribution is -0.131. The highest BCUT2D eigenvalue weighted by Gasteiger charge is 2.26. The van der Waals surface area contributed by atoms with E-state index in [2.05, 4.69) is 0 Å². The summed E-state index contributed by atoms with van der Waals surface area (Å²) in [6, 6.07) is 4.69. The van der Waals surface area contributed by atoms with Gasteiger partial charge < -0.3 is 4.90 Å². The summed E-state index contributed by atoms with van der Waals surface area (Å²) < 4.78 is 2.60. The number of aryl methyl sites for hydroxylation is 2. The Labute approximate surface area is 206 Å². The van der Waals surface area contributed by atoms with Crippen LogP contribution in [-0.2, 0) is 24.2 Å². The molecule has 1 aromatic carbocycles. The number of benzene rings is 1. The molecule has 9 heteroatoms. The molecule has 0 N–H and O–H groups in total. The van der Waals surface area contributed by atoms with E-state index < -0.39 is 5.69 Å². The lowest BCUT2D eigenvalue weighted by atomic mass is 9.97. The van der Waals surface area contributed by atoms with Crippen molar-refractivity contribution in [2.24, 2.45) is 0 Å². The topological polar surface area (TPSA) is 64.3 Å². The predicted molar refractivity (Wildman–Crippen MR) is 136 cm³/mol. The molecule has 33 heavy (non-hydrogen) atoms. The number of aromatic nitrogens is 2. The summed E-state index contributed by atoms with van der Waals surface area (Å²) in [6.07, 6.45) is 5.43. The van der Waals surface area contributed by atoms with Gasteiger partial charge in [-0.15, -0.1) is 11.3 Å². The molecule has 0 fully saturated rings. The number of carbonyl (C=O) groups is 1. The van der Waals surface area contributed by atoms with Crippen LogP contribution >= 0.6 is 34.5 Å². The Hall–Kier alpha value is -2.09. The van der Waals surface area contributed by atoms with Gasteiger partial charge in [0.15, 0.2) is 0 Å². The standard InChI is InChI=1S/C24H27Cl2N3O3S/c1-3-11-27(12-4-2)20(30)14-28-23-21(16-7-5-6-8-19(16)33-23)22(31)29(24(28)32)15-9-10-17(25)18(26)13-15/h9-10,13H,3-8,11-12,14H2,1-2H3. The summed E-state index contributed by atoms with van der Waals surface area (Å²) in [7, 11) is 0. The number of carbonyl (C=O) groups excluding carboxylic acids is 1. The van der Waals surface area contributed by atoms with Crippen molar-refractivity contribution in [3.8, 4) is 5.69 Å². The smallest absolute Gasteiger partial charge is 0.337 e. The second-order valence-corrected chi connectivity index (χ2v) is 10.3. The van der Waals surface area contributed by atoms with Crippen molar-refractivity contribution in [2.45, 2.75) is 58.9 Å². The van der Waals surface area contributed by atoms with Gasteiger partial charge >= 0.3 is 5.69 Å². The zero-order valence-corrected chi connectivity index (χ0v) is 21.2. The van der Waals surface area contributed by atoms with Crippen LogP contribution in [-0.4, -0.2) is 33.0 Å². The van der Waals surface area contributed by atoms with Crippen LogP contribution in [0.5, 0.6) is 0 Å². The molecule has 1 aliphatic rings. The van der Waals surface area contributed by atoms with Crippen LogP contribution in [0.15, 0.2) is 27.8 Å². The van der Waals surface area contributed by atoms with E-state index in [1.807, 2.05) is 13.8 Å². The second-order valence-electron chi connectivity index (χ2n) is 8.38.